The number of aromatic amines is 1. The molecule has 2 amide bonds. The first-order chi connectivity index (χ1) is 9.11. The first-order valence-corrected chi connectivity index (χ1v) is 5.87. The SMILES string of the molecule is O=C1CCC(Nc2nc3ccc(F)cc3[nH]2)C(=O)N1. The molecule has 1 unspecified atom stereocenters. The molecular weight excluding hydrogens is 251 g/mol. The van der Waals surface area contributed by atoms with Crippen molar-refractivity contribution in [1.29, 1.82) is 0 Å². The normalized spacial score (nSPS) is 19.5. The van der Waals surface area contributed by atoms with Gasteiger partial charge in [-0.15, -0.1) is 0 Å². The van der Waals surface area contributed by atoms with Gasteiger partial charge in [-0.2, -0.15) is 0 Å². The summed E-state index contributed by atoms with van der Waals surface area (Å²) < 4.78 is 13.0. The van der Waals surface area contributed by atoms with Gasteiger partial charge >= 0.3 is 0 Å². The van der Waals surface area contributed by atoms with Gasteiger partial charge in [0.15, 0.2) is 0 Å². The van der Waals surface area contributed by atoms with Gasteiger partial charge in [-0.05, 0) is 24.6 Å². The van der Waals surface area contributed by atoms with Crippen LogP contribution in [0.2, 0.25) is 0 Å². The predicted molar refractivity (Wildman–Crippen MR) is 65.8 cm³/mol. The van der Waals surface area contributed by atoms with Crippen LogP contribution < -0.4 is 10.6 Å². The van der Waals surface area contributed by atoms with Gasteiger partial charge in [0.05, 0.1) is 11.0 Å². The summed E-state index contributed by atoms with van der Waals surface area (Å²) in [7, 11) is 0. The molecule has 2 heterocycles. The van der Waals surface area contributed by atoms with E-state index in [-0.39, 0.29) is 24.1 Å². The van der Waals surface area contributed by atoms with Crippen LogP contribution in [0.1, 0.15) is 12.8 Å². The summed E-state index contributed by atoms with van der Waals surface area (Å²) >= 11 is 0. The van der Waals surface area contributed by atoms with Crippen LogP contribution in [0.5, 0.6) is 0 Å². The first kappa shape index (κ1) is 11.6. The number of nitrogens with zero attached hydrogens (tertiary/aromatic N) is 1. The molecule has 0 aliphatic carbocycles. The molecule has 0 radical (unpaired) electrons. The van der Waals surface area contributed by atoms with Crippen molar-refractivity contribution in [3.05, 3.63) is 24.0 Å². The minimum absolute atomic E-state index is 0.269. The lowest BCUT2D eigenvalue weighted by atomic mass is 10.1. The van der Waals surface area contributed by atoms with E-state index in [1.165, 1.54) is 12.1 Å². The van der Waals surface area contributed by atoms with Gasteiger partial charge in [0.1, 0.15) is 11.9 Å². The zero-order chi connectivity index (χ0) is 13.4. The van der Waals surface area contributed by atoms with Gasteiger partial charge in [-0.25, -0.2) is 9.37 Å². The topological polar surface area (TPSA) is 86.9 Å². The Kier molecular flexibility index (Phi) is 2.66. The van der Waals surface area contributed by atoms with Crippen LogP contribution in [0.3, 0.4) is 0 Å². The fourth-order valence-corrected chi connectivity index (χ4v) is 2.05. The number of halogens is 1. The van der Waals surface area contributed by atoms with E-state index in [4.69, 9.17) is 0 Å². The molecule has 6 nitrogen and oxygen atoms in total. The molecule has 2 aromatic rings. The van der Waals surface area contributed by atoms with E-state index < -0.39 is 6.04 Å². The number of imide groups is 1. The van der Waals surface area contributed by atoms with Crippen LogP contribution in [0.4, 0.5) is 10.3 Å². The van der Waals surface area contributed by atoms with E-state index >= 15 is 0 Å². The van der Waals surface area contributed by atoms with Crippen molar-refractivity contribution in [2.75, 3.05) is 5.32 Å². The van der Waals surface area contributed by atoms with Gasteiger partial charge in [-0.3, -0.25) is 14.9 Å². The van der Waals surface area contributed by atoms with Crippen molar-refractivity contribution in [1.82, 2.24) is 15.3 Å². The standard InChI is InChI=1S/C12H11FN4O2/c13-6-1-2-7-9(5-6)16-12(14-7)15-8-3-4-10(18)17-11(8)19/h1-2,5,8H,3-4H2,(H2,14,15,16)(H,17,18,19). The second-order valence-electron chi connectivity index (χ2n) is 4.39. The lowest BCUT2D eigenvalue weighted by molar-refractivity contribution is -0.133. The predicted octanol–water partition coefficient (Wildman–Crippen LogP) is 0.919. The Morgan fingerprint density at radius 3 is 3.00 bits per heavy atom. The Balaban J connectivity index is 1.81. The number of amides is 2. The highest BCUT2D eigenvalue weighted by Gasteiger charge is 2.26. The van der Waals surface area contributed by atoms with Crippen molar-refractivity contribution >= 4 is 28.8 Å². The highest BCUT2D eigenvalue weighted by atomic mass is 19.1. The van der Waals surface area contributed by atoms with Crippen LogP contribution in [-0.2, 0) is 9.59 Å². The number of hydrogen-bond donors (Lipinski definition) is 3. The zero-order valence-corrected chi connectivity index (χ0v) is 9.87. The van der Waals surface area contributed by atoms with Crippen molar-refractivity contribution < 1.29 is 14.0 Å². The lowest BCUT2D eigenvalue weighted by Crippen LogP contribution is -2.47. The molecule has 1 aromatic carbocycles. The number of benzene rings is 1. The minimum atomic E-state index is -0.511. The number of anilines is 1. The Morgan fingerprint density at radius 2 is 2.21 bits per heavy atom. The summed E-state index contributed by atoms with van der Waals surface area (Å²) in [6, 6.07) is 3.69. The number of hydrogen-bond acceptors (Lipinski definition) is 4. The summed E-state index contributed by atoms with van der Waals surface area (Å²) in [4.78, 5) is 29.7. The molecule has 0 spiro atoms. The average molecular weight is 262 g/mol. The van der Waals surface area contributed by atoms with Crippen LogP contribution in [-0.4, -0.2) is 27.8 Å². The molecule has 7 heteroatoms. The summed E-state index contributed by atoms with van der Waals surface area (Å²) in [5.41, 5.74) is 1.16. The molecule has 1 aliphatic heterocycles. The van der Waals surface area contributed by atoms with Crippen LogP contribution in [0, 0.1) is 5.82 Å². The van der Waals surface area contributed by atoms with Crippen molar-refractivity contribution in [3.8, 4) is 0 Å². The lowest BCUT2D eigenvalue weighted by Gasteiger charge is -2.21. The number of carbonyl (C=O) groups excluding carboxylic acids is 2. The number of piperidine rings is 1. The van der Waals surface area contributed by atoms with E-state index in [0.29, 0.717) is 23.4 Å². The molecule has 0 bridgehead atoms. The highest BCUT2D eigenvalue weighted by molar-refractivity contribution is 6.01. The van der Waals surface area contributed by atoms with Crippen molar-refractivity contribution in [2.45, 2.75) is 18.9 Å². The Bertz CT molecular complexity index is 667. The maximum atomic E-state index is 13.0. The minimum Gasteiger partial charge on any atom is -0.344 e. The Labute approximate surface area is 107 Å². The molecule has 1 atom stereocenters. The molecular formula is C12H11FN4O2. The summed E-state index contributed by atoms with van der Waals surface area (Å²) in [6.07, 6.45) is 0.703. The second kappa shape index (κ2) is 4.34. The van der Waals surface area contributed by atoms with Gasteiger partial charge < -0.3 is 10.3 Å². The average Bonchev–Trinajstić information content (AvgIpc) is 2.74. The van der Waals surface area contributed by atoms with Gasteiger partial charge in [0, 0.05) is 6.42 Å². The fourth-order valence-electron chi connectivity index (χ4n) is 2.05. The fraction of sp³-hybridized carbons (Fsp3) is 0.250. The quantitative estimate of drug-likeness (QED) is 0.702. The number of imidazole rings is 1. The summed E-state index contributed by atoms with van der Waals surface area (Å²) in [5, 5.41) is 5.16. The Morgan fingerprint density at radius 1 is 1.37 bits per heavy atom. The molecule has 1 aromatic heterocycles. The van der Waals surface area contributed by atoms with Gasteiger partial charge in [-0.1, -0.05) is 0 Å². The number of H-pyrrole nitrogens is 1. The first-order valence-electron chi connectivity index (χ1n) is 5.87. The number of fused-ring (bicyclic) bond motifs is 1. The van der Waals surface area contributed by atoms with Gasteiger partial charge in [0.2, 0.25) is 17.8 Å². The summed E-state index contributed by atoms with van der Waals surface area (Å²) in [5.74, 6) is -0.614. The molecule has 3 rings (SSSR count). The number of nitrogens with one attached hydrogen (secondary N) is 3. The zero-order valence-electron chi connectivity index (χ0n) is 9.87. The molecule has 98 valence electrons. The van der Waals surface area contributed by atoms with E-state index in [1.807, 2.05) is 0 Å². The summed E-state index contributed by atoms with van der Waals surface area (Å²) in [6.45, 7) is 0. The number of rotatable bonds is 2. The van der Waals surface area contributed by atoms with Gasteiger partial charge in [0.25, 0.3) is 0 Å². The monoisotopic (exact) mass is 262 g/mol. The van der Waals surface area contributed by atoms with E-state index in [2.05, 4.69) is 20.6 Å². The van der Waals surface area contributed by atoms with E-state index in [0.717, 1.165) is 0 Å². The third-order valence-corrected chi connectivity index (χ3v) is 2.99. The molecule has 0 saturated carbocycles. The highest BCUT2D eigenvalue weighted by Crippen LogP contribution is 2.17. The maximum Gasteiger partial charge on any atom is 0.249 e. The Hall–Kier alpha value is -2.44. The smallest absolute Gasteiger partial charge is 0.249 e. The molecule has 1 aliphatic rings. The number of carbonyl (C=O) groups is 2. The molecule has 1 fully saturated rings. The largest absolute Gasteiger partial charge is 0.344 e. The van der Waals surface area contributed by atoms with Crippen LogP contribution >= 0.6 is 0 Å². The second-order valence-corrected chi connectivity index (χ2v) is 4.39. The van der Waals surface area contributed by atoms with Crippen molar-refractivity contribution in [3.63, 3.8) is 0 Å². The molecule has 19 heavy (non-hydrogen) atoms. The van der Waals surface area contributed by atoms with Crippen LogP contribution in [0.15, 0.2) is 18.2 Å². The molecule has 3 N–H and O–H groups in total. The van der Waals surface area contributed by atoms with Crippen molar-refractivity contribution in [2.24, 2.45) is 0 Å². The molecule has 1 saturated heterocycles. The van der Waals surface area contributed by atoms with Crippen LogP contribution in [0.25, 0.3) is 11.0 Å². The third kappa shape index (κ3) is 2.26. The third-order valence-electron chi connectivity index (χ3n) is 2.99. The number of aromatic nitrogens is 2. The maximum absolute atomic E-state index is 13.0. The van der Waals surface area contributed by atoms with E-state index in [9.17, 15) is 14.0 Å². The van der Waals surface area contributed by atoms with E-state index in [1.54, 1.807) is 6.07 Å².